The summed E-state index contributed by atoms with van der Waals surface area (Å²) in [5.41, 5.74) is 1.58. The molecule has 10 nitrogen and oxygen atoms in total. The molecule has 0 unspecified atom stereocenters. The number of aliphatic imine (C=N–C) groups is 1. The Hall–Kier alpha value is -4.99. The van der Waals surface area contributed by atoms with E-state index in [4.69, 9.17) is 33.2 Å². The molecule has 0 bridgehead atoms. The molecule has 2 aliphatic heterocycles. The van der Waals surface area contributed by atoms with Crippen molar-refractivity contribution < 1.29 is 42.7 Å². The van der Waals surface area contributed by atoms with E-state index < -0.39 is 11.9 Å². The fourth-order valence-corrected chi connectivity index (χ4v) is 4.02. The minimum absolute atomic E-state index is 0.104. The van der Waals surface area contributed by atoms with Gasteiger partial charge < -0.3 is 33.2 Å². The Balaban J connectivity index is 1.37. The van der Waals surface area contributed by atoms with Crippen LogP contribution in [0.5, 0.6) is 34.5 Å². The maximum Gasteiger partial charge on any atom is 0.363 e. The quantitative estimate of drug-likeness (QED) is 0.193. The predicted octanol–water partition coefficient (Wildman–Crippen LogP) is 5.18. The first-order valence-corrected chi connectivity index (χ1v) is 12.8. The van der Waals surface area contributed by atoms with Crippen LogP contribution >= 0.6 is 0 Å². The van der Waals surface area contributed by atoms with Crippen molar-refractivity contribution in [1.29, 1.82) is 0 Å². The molecule has 3 aromatic carbocycles. The Morgan fingerprint density at radius 2 is 1.52 bits per heavy atom. The monoisotopic (exact) mass is 545 g/mol. The number of fused-ring (bicyclic) bond motifs is 1. The van der Waals surface area contributed by atoms with Crippen LogP contribution < -0.4 is 28.4 Å². The molecule has 0 fully saturated rings. The summed E-state index contributed by atoms with van der Waals surface area (Å²) in [7, 11) is 0. The summed E-state index contributed by atoms with van der Waals surface area (Å²) in [6, 6.07) is 15.0. The van der Waals surface area contributed by atoms with E-state index in [9.17, 15) is 9.59 Å². The molecule has 0 saturated heterocycles. The molecule has 0 radical (unpaired) electrons. The van der Waals surface area contributed by atoms with Crippen LogP contribution in [0.4, 0.5) is 0 Å². The van der Waals surface area contributed by atoms with Gasteiger partial charge in [0.05, 0.1) is 25.4 Å². The van der Waals surface area contributed by atoms with Crippen molar-refractivity contribution in [2.45, 2.75) is 20.8 Å². The van der Waals surface area contributed by atoms with E-state index in [1.54, 1.807) is 60.7 Å². The molecule has 2 heterocycles. The number of carbonyl (C=O) groups is 2. The zero-order chi connectivity index (χ0) is 28.1. The Morgan fingerprint density at radius 3 is 2.30 bits per heavy atom. The van der Waals surface area contributed by atoms with Crippen molar-refractivity contribution >= 4 is 23.9 Å². The number of ether oxygens (including phenoxy) is 7. The van der Waals surface area contributed by atoms with E-state index in [2.05, 4.69) is 4.99 Å². The Labute approximate surface area is 230 Å². The molecule has 0 amide bonds. The standard InChI is InChI=1S/C30H27NO9/c1-4-34-22-11-8-19(15-26(22)36-6-3)28-31-21(30(33)40-28)13-18-7-10-24(25(14-18)35-5-2)39-29(32)20-9-12-23-27(16-20)38-17-37-23/h7-16H,4-6,17H2,1-3H3. The Bertz CT molecular complexity index is 1510. The van der Waals surface area contributed by atoms with E-state index in [0.29, 0.717) is 65.3 Å². The van der Waals surface area contributed by atoms with E-state index >= 15 is 0 Å². The van der Waals surface area contributed by atoms with Crippen molar-refractivity contribution in [3.8, 4) is 34.5 Å². The first-order valence-electron chi connectivity index (χ1n) is 12.8. The molecule has 5 rings (SSSR count). The van der Waals surface area contributed by atoms with E-state index in [1.807, 2.05) is 20.8 Å². The van der Waals surface area contributed by atoms with Crippen LogP contribution in [0.2, 0.25) is 0 Å². The van der Waals surface area contributed by atoms with Crippen molar-refractivity contribution in [2.75, 3.05) is 26.6 Å². The second kappa shape index (κ2) is 11.8. The minimum atomic E-state index is -0.599. The third kappa shape index (κ3) is 5.70. The van der Waals surface area contributed by atoms with Gasteiger partial charge in [-0.3, -0.25) is 0 Å². The normalized spacial score (nSPS) is 14.5. The van der Waals surface area contributed by atoms with Gasteiger partial charge in [0.15, 0.2) is 40.2 Å². The third-order valence-electron chi connectivity index (χ3n) is 5.79. The molecular formula is C30H27NO9. The molecule has 0 aliphatic carbocycles. The number of esters is 2. The number of carbonyl (C=O) groups excluding carboxylic acids is 2. The molecule has 0 N–H and O–H groups in total. The molecule has 3 aromatic rings. The van der Waals surface area contributed by atoms with Gasteiger partial charge in [-0.25, -0.2) is 14.6 Å². The van der Waals surface area contributed by atoms with Gasteiger partial charge in [0, 0.05) is 5.56 Å². The number of hydrogen-bond donors (Lipinski definition) is 0. The molecule has 10 heteroatoms. The summed E-state index contributed by atoms with van der Waals surface area (Å²) in [5.74, 6) is 1.69. The second-order valence-corrected chi connectivity index (χ2v) is 8.46. The maximum absolute atomic E-state index is 12.8. The Kier molecular flexibility index (Phi) is 7.86. The molecule has 0 atom stereocenters. The highest BCUT2D eigenvalue weighted by molar-refractivity contribution is 6.13. The van der Waals surface area contributed by atoms with E-state index in [1.165, 1.54) is 0 Å². The average Bonchev–Trinajstić information content (AvgIpc) is 3.57. The second-order valence-electron chi connectivity index (χ2n) is 8.46. The van der Waals surface area contributed by atoms with Gasteiger partial charge >= 0.3 is 11.9 Å². The summed E-state index contributed by atoms with van der Waals surface area (Å²) in [5, 5.41) is 0. The molecular weight excluding hydrogens is 518 g/mol. The van der Waals surface area contributed by atoms with Crippen LogP contribution in [0.3, 0.4) is 0 Å². The van der Waals surface area contributed by atoms with Crippen molar-refractivity contribution in [1.82, 2.24) is 0 Å². The third-order valence-corrected chi connectivity index (χ3v) is 5.79. The lowest BCUT2D eigenvalue weighted by Gasteiger charge is -2.11. The summed E-state index contributed by atoms with van der Waals surface area (Å²) in [6.45, 7) is 6.94. The smallest absolute Gasteiger partial charge is 0.363 e. The van der Waals surface area contributed by atoms with Gasteiger partial charge in [-0.2, -0.15) is 0 Å². The van der Waals surface area contributed by atoms with Gasteiger partial charge in [-0.1, -0.05) is 6.07 Å². The number of hydrogen-bond acceptors (Lipinski definition) is 10. The summed E-state index contributed by atoms with van der Waals surface area (Å²) >= 11 is 0. The highest BCUT2D eigenvalue weighted by atomic mass is 16.7. The van der Waals surface area contributed by atoms with Crippen LogP contribution in [-0.2, 0) is 9.53 Å². The predicted molar refractivity (Wildman–Crippen MR) is 145 cm³/mol. The number of benzene rings is 3. The minimum Gasteiger partial charge on any atom is -0.490 e. The molecule has 206 valence electrons. The highest BCUT2D eigenvalue weighted by Crippen LogP contribution is 2.35. The fourth-order valence-electron chi connectivity index (χ4n) is 4.02. The van der Waals surface area contributed by atoms with Gasteiger partial charge in [0.2, 0.25) is 12.7 Å². The lowest BCUT2D eigenvalue weighted by molar-refractivity contribution is -0.129. The lowest BCUT2D eigenvalue weighted by atomic mass is 10.1. The van der Waals surface area contributed by atoms with Crippen LogP contribution in [-0.4, -0.2) is 44.4 Å². The lowest BCUT2D eigenvalue weighted by Crippen LogP contribution is -2.09. The van der Waals surface area contributed by atoms with Crippen LogP contribution in [0, 0.1) is 0 Å². The number of rotatable bonds is 10. The first kappa shape index (κ1) is 26.6. The number of nitrogens with zero attached hydrogens (tertiary/aromatic N) is 1. The largest absolute Gasteiger partial charge is 0.490 e. The van der Waals surface area contributed by atoms with Crippen molar-refractivity contribution in [3.05, 3.63) is 77.0 Å². The van der Waals surface area contributed by atoms with Crippen LogP contribution in [0.15, 0.2) is 65.3 Å². The fraction of sp³-hybridized carbons (Fsp3) is 0.233. The van der Waals surface area contributed by atoms with Crippen molar-refractivity contribution in [3.63, 3.8) is 0 Å². The molecule has 2 aliphatic rings. The molecule has 0 aromatic heterocycles. The Morgan fingerprint density at radius 1 is 0.825 bits per heavy atom. The van der Waals surface area contributed by atoms with Crippen LogP contribution in [0.25, 0.3) is 6.08 Å². The van der Waals surface area contributed by atoms with Gasteiger partial charge in [-0.15, -0.1) is 0 Å². The summed E-state index contributed by atoms with van der Waals surface area (Å²) < 4.78 is 38.6. The SMILES string of the molecule is CCOc1ccc(C2=NC(=Cc3ccc(OC(=O)c4ccc5c(c4)OCO5)c(OCC)c3)C(=O)O2)cc1OCC. The molecule has 0 spiro atoms. The van der Waals surface area contributed by atoms with E-state index in [0.717, 1.165) is 0 Å². The van der Waals surface area contributed by atoms with Gasteiger partial charge in [-0.05, 0) is 80.9 Å². The maximum atomic E-state index is 12.8. The first-order chi connectivity index (χ1) is 19.5. The topological polar surface area (TPSA) is 111 Å². The summed E-state index contributed by atoms with van der Waals surface area (Å²) in [6.07, 6.45) is 1.57. The molecule has 0 saturated carbocycles. The zero-order valence-electron chi connectivity index (χ0n) is 22.2. The highest BCUT2D eigenvalue weighted by Gasteiger charge is 2.26. The zero-order valence-corrected chi connectivity index (χ0v) is 22.2. The number of cyclic esters (lactones) is 1. The van der Waals surface area contributed by atoms with Gasteiger partial charge in [0.1, 0.15) is 0 Å². The van der Waals surface area contributed by atoms with Gasteiger partial charge in [0.25, 0.3) is 0 Å². The van der Waals surface area contributed by atoms with Crippen LogP contribution in [0.1, 0.15) is 42.3 Å². The van der Waals surface area contributed by atoms with E-state index in [-0.39, 0.29) is 24.1 Å². The molecule has 40 heavy (non-hydrogen) atoms. The average molecular weight is 546 g/mol. The summed E-state index contributed by atoms with van der Waals surface area (Å²) in [4.78, 5) is 29.8. The van der Waals surface area contributed by atoms with Crippen molar-refractivity contribution in [2.24, 2.45) is 4.99 Å².